The minimum Gasteiger partial charge on any atom is -0.429 e. The van der Waals surface area contributed by atoms with Gasteiger partial charge in [0.1, 0.15) is 46.2 Å². The zero-order valence-corrected chi connectivity index (χ0v) is 26.7. The first kappa shape index (κ1) is 37.0. The Balaban J connectivity index is 1.37. The van der Waals surface area contributed by atoms with Gasteiger partial charge in [0.25, 0.3) is 0 Å². The van der Waals surface area contributed by atoms with E-state index in [1.165, 1.54) is 19.1 Å². The number of rotatable bonds is 9. The van der Waals surface area contributed by atoms with Crippen LogP contribution in [0.15, 0.2) is 66.7 Å². The molecule has 264 valence electrons. The van der Waals surface area contributed by atoms with Crippen LogP contribution in [0.4, 0.5) is 48.3 Å². The molecule has 5 aromatic rings. The molecule has 0 aliphatic carbocycles. The van der Waals surface area contributed by atoms with E-state index in [9.17, 15) is 26.3 Å². The topological polar surface area (TPSA) is 9.23 Å². The van der Waals surface area contributed by atoms with Crippen LogP contribution in [-0.2, 0) is 12.5 Å². The summed E-state index contributed by atoms with van der Waals surface area (Å²) in [6.45, 7) is 3.23. The molecule has 0 heterocycles. The second kappa shape index (κ2) is 14.9. The van der Waals surface area contributed by atoms with Crippen molar-refractivity contribution in [3.05, 3.63) is 147 Å². The summed E-state index contributed by atoms with van der Waals surface area (Å²) in [5.74, 6) is -9.65. The minimum absolute atomic E-state index is 0.118. The van der Waals surface area contributed by atoms with E-state index < -0.39 is 86.5 Å². The summed E-state index contributed by atoms with van der Waals surface area (Å²) in [5, 5.41) is 0. The summed E-state index contributed by atoms with van der Waals surface area (Å²) in [4.78, 5) is 0. The maximum Gasteiger partial charge on any atom is 0.432 e. The molecular formula is C39H25F11O. The maximum atomic E-state index is 15.1. The van der Waals surface area contributed by atoms with Gasteiger partial charge < -0.3 is 4.74 Å². The highest BCUT2D eigenvalue weighted by molar-refractivity contribution is 5.67. The van der Waals surface area contributed by atoms with E-state index in [-0.39, 0.29) is 22.3 Å². The van der Waals surface area contributed by atoms with Gasteiger partial charge in [0, 0.05) is 17.2 Å². The lowest BCUT2D eigenvalue weighted by Crippen LogP contribution is -2.25. The summed E-state index contributed by atoms with van der Waals surface area (Å²) >= 11 is 0. The molecule has 0 unspecified atom stereocenters. The Hall–Kier alpha value is -5.31. The molecule has 12 heteroatoms. The van der Waals surface area contributed by atoms with Crippen LogP contribution in [0, 0.1) is 71.1 Å². The number of hydrogen-bond acceptors (Lipinski definition) is 1. The van der Waals surface area contributed by atoms with Crippen molar-refractivity contribution in [2.75, 3.05) is 0 Å². The summed E-state index contributed by atoms with van der Waals surface area (Å²) < 4.78 is 165. The first-order chi connectivity index (χ1) is 24.1. The fourth-order valence-corrected chi connectivity index (χ4v) is 5.42. The third-order valence-corrected chi connectivity index (χ3v) is 7.90. The lowest BCUT2D eigenvalue weighted by molar-refractivity contribution is -0.189. The summed E-state index contributed by atoms with van der Waals surface area (Å²) in [6.07, 6.45) is -1.38. The van der Waals surface area contributed by atoms with E-state index in [0.29, 0.717) is 54.4 Å². The van der Waals surface area contributed by atoms with Crippen molar-refractivity contribution >= 4 is 0 Å². The highest BCUT2D eigenvalue weighted by Crippen LogP contribution is 2.38. The monoisotopic (exact) mass is 718 g/mol. The van der Waals surface area contributed by atoms with Gasteiger partial charge in [0.2, 0.25) is 0 Å². The minimum atomic E-state index is -4.67. The number of ether oxygens (including phenoxy) is 1. The fraction of sp³-hybridized carbons (Fsp3) is 0.179. The largest absolute Gasteiger partial charge is 0.432 e. The molecule has 51 heavy (non-hydrogen) atoms. The zero-order valence-electron chi connectivity index (χ0n) is 26.7. The van der Waals surface area contributed by atoms with Crippen LogP contribution < -0.4 is 4.74 Å². The van der Waals surface area contributed by atoms with Gasteiger partial charge in [-0.1, -0.05) is 43.7 Å². The van der Waals surface area contributed by atoms with Crippen molar-refractivity contribution < 1.29 is 53.0 Å². The predicted octanol–water partition coefficient (Wildman–Crippen LogP) is 11.8. The van der Waals surface area contributed by atoms with E-state index in [1.807, 2.05) is 6.92 Å². The van der Waals surface area contributed by atoms with Crippen LogP contribution in [0.3, 0.4) is 0 Å². The van der Waals surface area contributed by atoms with Gasteiger partial charge in [0.05, 0.1) is 11.1 Å². The lowest BCUT2D eigenvalue weighted by Gasteiger charge is -2.20. The fourth-order valence-electron chi connectivity index (χ4n) is 5.42. The van der Waals surface area contributed by atoms with Gasteiger partial charge in [-0.15, -0.1) is 0 Å². The number of benzene rings is 5. The number of alkyl halides is 2. The van der Waals surface area contributed by atoms with Crippen molar-refractivity contribution in [2.24, 2.45) is 0 Å². The number of halogens is 11. The molecule has 5 aromatic carbocycles. The number of aryl methyl sites for hydroxylation is 2. The second-order valence-electron chi connectivity index (χ2n) is 11.6. The Kier molecular flexibility index (Phi) is 10.8. The highest BCUT2D eigenvalue weighted by atomic mass is 19.3. The smallest absolute Gasteiger partial charge is 0.429 e. The average Bonchev–Trinajstić information content (AvgIpc) is 3.02. The van der Waals surface area contributed by atoms with E-state index in [4.69, 9.17) is 0 Å². The third-order valence-electron chi connectivity index (χ3n) is 7.90. The quantitative estimate of drug-likeness (QED) is 0.0638. The van der Waals surface area contributed by atoms with E-state index >= 15 is 22.0 Å². The van der Waals surface area contributed by atoms with Crippen molar-refractivity contribution in [3.63, 3.8) is 0 Å². The van der Waals surface area contributed by atoms with Crippen LogP contribution in [0.2, 0.25) is 0 Å². The van der Waals surface area contributed by atoms with E-state index in [1.54, 1.807) is 6.07 Å². The summed E-state index contributed by atoms with van der Waals surface area (Å²) in [5.41, 5.74) is -4.10. The number of hydrogen-bond donors (Lipinski definition) is 0. The molecule has 0 radical (unpaired) electrons. The van der Waals surface area contributed by atoms with Crippen LogP contribution >= 0.6 is 0 Å². The van der Waals surface area contributed by atoms with Crippen molar-refractivity contribution in [2.45, 2.75) is 45.6 Å². The van der Waals surface area contributed by atoms with Gasteiger partial charge in [-0.05, 0) is 90.6 Å². The molecule has 0 aliphatic heterocycles. The van der Waals surface area contributed by atoms with Crippen molar-refractivity contribution in [1.82, 2.24) is 0 Å². The van der Waals surface area contributed by atoms with Gasteiger partial charge in [-0.3, -0.25) is 0 Å². The predicted molar refractivity (Wildman–Crippen MR) is 168 cm³/mol. The third kappa shape index (κ3) is 8.03. The van der Waals surface area contributed by atoms with Crippen LogP contribution in [-0.4, -0.2) is 0 Å². The van der Waals surface area contributed by atoms with Crippen LogP contribution in [0.25, 0.3) is 22.3 Å². The molecular weight excluding hydrogens is 693 g/mol. The molecule has 0 aromatic heterocycles. The number of unbranched alkanes of at least 4 members (excludes halogenated alkanes) is 2. The van der Waals surface area contributed by atoms with E-state index in [0.717, 1.165) is 25.3 Å². The van der Waals surface area contributed by atoms with Gasteiger partial charge in [0.15, 0.2) is 17.5 Å². The molecule has 0 aliphatic rings. The molecule has 0 amide bonds. The molecule has 0 fully saturated rings. The Morgan fingerprint density at radius 1 is 0.608 bits per heavy atom. The maximum absolute atomic E-state index is 15.1. The first-order valence-corrected chi connectivity index (χ1v) is 15.4. The molecule has 5 rings (SSSR count). The highest BCUT2D eigenvalue weighted by Gasteiger charge is 2.41. The summed E-state index contributed by atoms with van der Waals surface area (Å²) in [7, 11) is 0. The second-order valence-corrected chi connectivity index (χ2v) is 11.6. The van der Waals surface area contributed by atoms with Crippen LogP contribution in [0.1, 0.15) is 54.0 Å². The Morgan fingerprint density at radius 2 is 1.22 bits per heavy atom. The molecule has 0 spiro atoms. The molecule has 0 saturated carbocycles. The normalized spacial score (nSPS) is 11.4. The van der Waals surface area contributed by atoms with Gasteiger partial charge in [-0.25, -0.2) is 39.5 Å². The Bertz CT molecular complexity index is 2110. The Morgan fingerprint density at radius 3 is 1.78 bits per heavy atom. The average molecular weight is 719 g/mol. The lowest BCUT2D eigenvalue weighted by atomic mass is 9.99. The molecule has 0 atom stereocenters. The van der Waals surface area contributed by atoms with Gasteiger partial charge >= 0.3 is 6.11 Å². The molecule has 1 nitrogen and oxygen atoms in total. The standard InChI is InChI=1S/C39H25F11O/c1-3-4-5-6-21-7-10-27(28(40)12-21)23-15-32(44)37(33(45)16-23)39(49,50)51-25-11-20(2)26(29(41)19-25)9-8-22-13-30(42)36(31(43)14-22)24-17-34(46)38(48)35(47)18-24/h7,10-19H,3-6H2,1-2H3. The molecule has 0 saturated heterocycles. The Labute approximate surface area is 285 Å². The van der Waals surface area contributed by atoms with Crippen molar-refractivity contribution in [1.29, 1.82) is 0 Å². The van der Waals surface area contributed by atoms with Gasteiger partial charge in [-0.2, -0.15) is 8.78 Å². The van der Waals surface area contributed by atoms with Crippen molar-refractivity contribution in [3.8, 4) is 39.8 Å². The molecule has 0 bridgehead atoms. The molecule has 0 N–H and O–H groups in total. The zero-order chi connectivity index (χ0) is 37.2. The van der Waals surface area contributed by atoms with Crippen LogP contribution in [0.5, 0.6) is 5.75 Å². The van der Waals surface area contributed by atoms with E-state index in [2.05, 4.69) is 16.6 Å². The SMILES string of the molecule is CCCCCc1ccc(-c2cc(F)c(C(F)(F)Oc3cc(C)c(C#Cc4cc(F)c(-c5cc(F)c(F)c(F)c5)c(F)c4)c(F)c3)c(F)c2)c(F)c1. The first-order valence-electron chi connectivity index (χ1n) is 15.4. The summed E-state index contributed by atoms with van der Waals surface area (Å²) in [6, 6.07) is 8.62.